The summed E-state index contributed by atoms with van der Waals surface area (Å²) in [7, 11) is -1.67. The Morgan fingerprint density at radius 1 is 1.20 bits per heavy atom. The van der Waals surface area contributed by atoms with Crippen molar-refractivity contribution in [3.63, 3.8) is 0 Å². The highest BCUT2D eigenvalue weighted by atomic mass is 32.2. The maximum absolute atomic E-state index is 12.9. The van der Waals surface area contributed by atoms with E-state index in [1.54, 1.807) is 11.0 Å². The van der Waals surface area contributed by atoms with Crippen LogP contribution in [0.3, 0.4) is 0 Å². The van der Waals surface area contributed by atoms with Gasteiger partial charge in [-0.05, 0) is 43.7 Å². The number of hydrogen-bond donors (Lipinski definition) is 0. The van der Waals surface area contributed by atoms with Crippen molar-refractivity contribution in [2.75, 3.05) is 26.4 Å². The molecule has 0 saturated carbocycles. The van der Waals surface area contributed by atoms with Gasteiger partial charge in [-0.25, -0.2) is 8.42 Å². The number of sulfone groups is 1. The molecule has 0 atom stereocenters. The summed E-state index contributed by atoms with van der Waals surface area (Å²) in [6.45, 7) is 1.27. The summed E-state index contributed by atoms with van der Waals surface area (Å²) in [4.78, 5) is 16.1. The predicted octanol–water partition coefficient (Wildman–Crippen LogP) is 3.44. The second-order valence-corrected chi connectivity index (χ2v) is 9.47. The topological polar surface area (TPSA) is 70.8 Å². The van der Waals surface area contributed by atoms with E-state index in [9.17, 15) is 26.4 Å². The number of alkyl halides is 3. The van der Waals surface area contributed by atoms with E-state index in [1.807, 2.05) is 11.9 Å². The van der Waals surface area contributed by atoms with Crippen LogP contribution in [0.15, 0.2) is 45.9 Å². The average Bonchev–Trinajstić information content (AvgIpc) is 3.18. The van der Waals surface area contributed by atoms with Gasteiger partial charge in [0.2, 0.25) is 14.9 Å². The third kappa shape index (κ3) is 5.23. The van der Waals surface area contributed by atoms with Gasteiger partial charge in [-0.2, -0.15) is 13.2 Å². The fraction of sp³-hybridized carbons (Fsp3) is 0.450. The number of hydrogen-bond acceptors (Lipinski definition) is 5. The number of benzene rings is 1. The molecule has 1 saturated heterocycles. The normalized spacial score (nSPS) is 16.3. The Morgan fingerprint density at radius 2 is 1.87 bits per heavy atom. The van der Waals surface area contributed by atoms with Crippen LogP contribution in [0.2, 0.25) is 0 Å². The molecule has 0 unspecified atom stereocenters. The SMILES string of the molecule is CN(Cc1cccc(C(F)(F)F)c1)C1CCN(C(=O)c2ccc(S(C)(=O)=O)o2)CC1. The zero-order chi connectivity index (χ0) is 22.1. The van der Waals surface area contributed by atoms with Gasteiger partial charge in [0, 0.05) is 31.9 Å². The molecule has 1 aromatic carbocycles. The molecular formula is C20H23F3N2O4S. The molecular weight excluding hydrogens is 421 g/mol. The van der Waals surface area contributed by atoms with Gasteiger partial charge in [0.05, 0.1) is 5.56 Å². The Kier molecular flexibility index (Phi) is 6.28. The van der Waals surface area contributed by atoms with E-state index in [4.69, 9.17) is 4.42 Å². The van der Waals surface area contributed by atoms with E-state index in [-0.39, 0.29) is 22.8 Å². The van der Waals surface area contributed by atoms with Gasteiger partial charge in [-0.1, -0.05) is 18.2 Å². The lowest BCUT2D eigenvalue weighted by molar-refractivity contribution is -0.137. The molecule has 1 fully saturated rings. The number of carbonyl (C=O) groups excluding carboxylic acids is 1. The van der Waals surface area contributed by atoms with Crippen molar-refractivity contribution >= 4 is 15.7 Å². The minimum atomic E-state index is -4.37. The van der Waals surface area contributed by atoms with E-state index in [0.29, 0.717) is 38.0 Å². The van der Waals surface area contributed by atoms with Crippen molar-refractivity contribution < 1.29 is 30.8 Å². The molecule has 1 aromatic heterocycles. The first-order valence-corrected chi connectivity index (χ1v) is 11.3. The Bertz CT molecular complexity index is 1010. The molecule has 1 aliphatic rings. The molecule has 0 bridgehead atoms. The van der Waals surface area contributed by atoms with Crippen molar-refractivity contribution in [1.29, 1.82) is 0 Å². The molecule has 1 aliphatic heterocycles. The quantitative estimate of drug-likeness (QED) is 0.707. The summed E-state index contributed by atoms with van der Waals surface area (Å²) < 4.78 is 66.9. The van der Waals surface area contributed by atoms with E-state index >= 15 is 0 Å². The van der Waals surface area contributed by atoms with Crippen molar-refractivity contribution in [1.82, 2.24) is 9.80 Å². The largest absolute Gasteiger partial charge is 0.440 e. The van der Waals surface area contributed by atoms with Crippen molar-refractivity contribution in [3.05, 3.63) is 53.3 Å². The van der Waals surface area contributed by atoms with Gasteiger partial charge in [0.25, 0.3) is 5.91 Å². The van der Waals surface area contributed by atoms with Crippen LogP contribution in [-0.4, -0.2) is 56.6 Å². The second kappa shape index (κ2) is 8.43. The van der Waals surface area contributed by atoms with Crippen LogP contribution in [-0.2, 0) is 22.6 Å². The highest BCUT2D eigenvalue weighted by molar-refractivity contribution is 7.90. The Balaban J connectivity index is 1.57. The molecule has 0 radical (unpaired) electrons. The number of nitrogens with zero attached hydrogens (tertiary/aromatic N) is 2. The summed E-state index contributed by atoms with van der Waals surface area (Å²) in [5.41, 5.74) is -0.0875. The number of halogens is 3. The molecule has 0 spiro atoms. The Morgan fingerprint density at radius 3 is 2.43 bits per heavy atom. The van der Waals surface area contributed by atoms with Crippen molar-refractivity contribution in [3.8, 4) is 0 Å². The lowest BCUT2D eigenvalue weighted by Crippen LogP contribution is -2.45. The minimum Gasteiger partial charge on any atom is -0.440 e. The zero-order valence-electron chi connectivity index (χ0n) is 16.6. The smallest absolute Gasteiger partial charge is 0.416 e. The molecule has 1 amide bonds. The molecule has 0 aliphatic carbocycles. The van der Waals surface area contributed by atoms with Gasteiger partial charge in [0.1, 0.15) is 0 Å². The van der Waals surface area contributed by atoms with Crippen LogP contribution < -0.4 is 0 Å². The molecule has 10 heteroatoms. The third-order valence-electron chi connectivity index (χ3n) is 5.22. The summed E-state index contributed by atoms with van der Waals surface area (Å²) in [5, 5.41) is -0.249. The van der Waals surface area contributed by atoms with Gasteiger partial charge in [0.15, 0.2) is 5.76 Å². The standard InChI is InChI=1S/C20H23F3N2O4S/c1-24(13-14-4-3-5-15(12-14)20(21,22)23)16-8-10-25(11-9-16)19(26)17-6-7-18(29-17)30(2,27)28/h3-7,12,16H,8-11,13H2,1-2H3. The fourth-order valence-corrected chi connectivity index (χ4v) is 4.12. The molecule has 3 rings (SSSR count). The van der Waals surface area contributed by atoms with Gasteiger partial charge >= 0.3 is 6.18 Å². The van der Waals surface area contributed by atoms with Crippen LogP contribution in [0.5, 0.6) is 0 Å². The first-order valence-electron chi connectivity index (χ1n) is 9.40. The number of furan rings is 1. The second-order valence-electron chi connectivity index (χ2n) is 7.53. The number of likely N-dealkylation sites (tertiary alicyclic amines) is 1. The monoisotopic (exact) mass is 444 g/mol. The van der Waals surface area contributed by atoms with Crippen molar-refractivity contribution in [2.45, 2.75) is 36.7 Å². The van der Waals surface area contributed by atoms with Crippen molar-refractivity contribution in [2.24, 2.45) is 0 Å². The fourth-order valence-electron chi connectivity index (χ4n) is 3.56. The summed E-state index contributed by atoms with van der Waals surface area (Å²) >= 11 is 0. The molecule has 6 nitrogen and oxygen atoms in total. The van der Waals surface area contributed by atoms with Gasteiger partial charge in [-0.3, -0.25) is 9.69 Å². The maximum Gasteiger partial charge on any atom is 0.416 e. The molecule has 2 heterocycles. The number of amides is 1. The third-order valence-corrected chi connectivity index (χ3v) is 6.17. The van der Waals surface area contributed by atoms with Crippen LogP contribution in [0, 0.1) is 0 Å². The average molecular weight is 444 g/mol. The zero-order valence-corrected chi connectivity index (χ0v) is 17.5. The van der Waals surface area contributed by atoms with E-state index < -0.39 is 21.6 Å². The number of carbonyl (C=O) groups is 1. The van der Waals surface area contributed by atoms with Crippen LogP contribution >= 0.6 is 0 Å². The number of piperidine rings is 1. The molecule has 164 valence electrons. The predicted molar refractivity (Wildman–Crippen MR) is 104 cm³/mol. The van der Waals surface area contributed by atoms with E-state index in [1.165, 1.54) is 18.2 Å². The highest BCUT2D eigenvalue weighted by Gasteiger charge is 2.31. The van der Waals surface area contributed by atoms with Crippen LogP contribution in [0.1, 0.15) is 34.5 Å². The van der Waals surface area contributed by atoms with Crippen LogP contribution in [0.4, 0.5) is 13.2 Å². The lowest BCUT2D eigenvalue weighted by atomic mass is 10.0. The molecule has 2 aromatic rings. The van der Waals surface area contributed by atoms with E-state index in [2.05, 4.69) is 0 Å². The molecule has 0 N–H and O–H groups in total. The maximum atomic E-state index is 12.9. The highest BCUT2D eigenvalue weighted by Crippen LogP contribution is 2.30. The van der Waals surface area contributed by atoms with E-state index in [0.717, 1.165) is 18.4 Å². The minimum absolute atomic E-state index is 0.0220. The Labute approximate surface area is 173 Å². The van der Waals surface area contributed by atoms with Crippen LogP contribution in [0.25, 0.3) is 0 Å². The first-order chi connectivity index (χ1) is 13.9. The lowest BCUT2D eigenvalue weighted by Gasteiger charge is -2.36. The van der Waals surface area contributed by atoms with Gasteiger partial charge < -0.3 is 9.32 Å². The van der Waals surface area contributed by atoms with Gasteiger partial charge in [-0.15, -0.1) is 0 Å². The summed E-state index contributed by atoms with van der Waals surface area (Å²) in [5.74, 6) is -0.393. The first kappa shape index (κ1) is 22.4. The summed E-state index contributed by atoms with van der Waals surface area (Å²) in [6.07, 6.45) is -2.06. The summed E-state index contributed by atoms with van der Waals surface area (Å²) in [6, 6.07) is 8.01. The number of rotatable bonds is 5. The molecule has 30 heavy (non-hydrogen) atoms. The Hall–Kier alpha value is -2.33.